The van der Waals surface area contributed by atoms with Crippen LogP contribution in [0.2, 0.25) is 0 Å². The van der Waals surface area contributed by atoms with E-state index in [1.807, 2.05) is 64.1 Å². The summed E-state index contributed by atoms with van der Waals surface area (Å²) in [6, 6.07) is 13.1. The normalized spacial score (nSPS) is 13.7. The van der Waals surface area contributed by atoms with Crippen LogP contribution in [0.5, 0.6) is 0 Å². The molecule has 1 amide bonds. The number of hydrogen-bond donors (Lipinski definition) is 1. The highest BCUT2D eigenvalue weighted by atomic mass is 16.6. The zero-order chi connectivity index (χ0) is 24.0. The number of H-pyrrole nitrogens is 1. The van der Waals surface area contributed by atoms with Crippen LogP contribution in [-0.2, 0) is 17.7 Å². The minimum atomic E-state index is -0.526. The monoisotopic (exact) mass is 457 g/mol. The highest BCUT2D eigenvalue weighted by Gasteiger charge is 2.27. The van der Waals surface area contributed by atoms with Gasteiger partial charge >= 0.3 is 6.09 Å². The van der Waals surface area contributed by atoms with Crippen molar-refractivity contribution in [3.63, 3.8) is 0 Å². The topological polar surface area (TPSA) is 93.1 Å². The SMILES string of the molecule is Cc1ccc(-c2ccn(-c3ccc4c5c([nH]c4c3)CCN(C(=O)OC(C)(C)C)C5)c(=O)c2)nn1. The standard InChI is InChI=1S/C26H27N5O3/c1-16-5-8-21(29-28-16)17-9-12-31(24(32)13-17)18-6-7-19-20-15-30(25(33)34-26(2,3)4)11-10-22(20)27-23(19)14-18/h5-9,12-14,27H,10-11,15H2,1-4H3. The van der Waals surface area contributed by atoms with Gasteiger partial charge in [-0.05, 0) is 58.0 Å². The number of aryl methyl sites for hydroxylation is 1. The third-order valence-corrected chi connectivity index (χ3v) is 5.90. The molecule has 0 spiro atoms. The molecule has 174 valence electrons. The maximum absolute atomic E-state index is 12.9. The van der Waals surface area contributed by atoms with Gasteiger partial charge in [-0.1, -0.05) is 6.07 Å². The lowest BCUT2D eigenvalue weighted by Gasteiger charge is -2.30. The summed E-state index contributed by atoms with van der Waals surface area (Å²) < 4.78 is 7.16. The predicted octanol–water partition coefficient (Wildman–Crippen LogP) is 4.38. The first-order valence-electron chi connectivity index (χ1n) is 11.3. The van der Waals surface area contributed by atoms with Crippen molar-refractivity contribution in [3.05, 3.63) is 76.0 Å². The van der Waals surface area contributed by atoms with Gasteiger partial charge in [-0.25, -0.2) is 4.79 Å². The van der Waals surface area contributed by atoms with Crippen molar-refractivity contribution >= 4 is 17.0 Å². The van der Waals surface area contributed by atoms with Crippen molar-refractivity contribution in [2.75, 3.05) is 6.54 Å². The number of carbonyl (C=O) groups is 1. The van der Waals surface area contributed by atoms with Gasteiger partial charge in [0.1, 0.15) is 5.60 Å². The van der Waals surface area contributed by atoms with Crippen LogP contribution in [0.3, 0.4) is 0 Å². The highest BCUT2D eigenvalue weighted by Crippen LogP contribution is 2.30. The van der Waals surface area contributed by atoms with E-state index in [-0.39, 0.29) is 11.7 Å². The number of nitrogens with zero attached hydrogens (tertiary/aromatic N) is 4. The van der Waals surface area contributed by atoms with Crippen LogP contribution in [0.4, 0.5) is 4.79 Å². The molecular weight excluding hydrogens is 430 g/mol. The Bertz CT molecular complexity index is 1440. The molecule has 0 aliphatic carbocycles. The molecule has 4 heterocycles. The predicted molar refractivity (Wildman–Crippen MR) is 130 cm³/mol. The maximum atomic E-state index is 12.9. The van der Waals surface area contributed by atoms with Gasteiger partial charge in [-0.15, -0.1) is 0 Å². The molecule has 8 heteroatoms. The van der Waals surface area contributed by atoms with E-state index in [0.717, 1.165) is 45.5 Å². The van der Waals surface area contributed by atoms with Crippen molar-refractivity contribution in [1.29, 1.82) is 0 Å². The van der Waals surface area contributed by atoms with E-state index in [2.05, 4.69) is 15.2 Å². The lowest BCUT2D eigenvalue weighted by atomic mass is 10.0. The van der Waals surface area contributed by atoms with Gasteiger partial charge in [0, 0.05) is 53.0 Å². The Morgan fingerprint density at radius 3 is 2.62 bits per heavy atom. The minimum Gasteiger partial charge on any atom is -0.444 e. The summed E-state index contributed by atoms with van der Waals surface area (Å²) in [6.07, 6.45) is 2.19. The summed E-state index contributed by atoms with van der Waals surface area (Å²) >= 11 is 0. The van der Waals surface area contributed by atoms with Gasteiger partial charge < -0.3 is 14.6 Å². The van der Waals surface area contributed by atoms with Crippen molar-refractivity contribution in [1.82, 2.24) is 24.6 Å². The average molecular weight is 458 g/mol. The molecule has 0 bridgehead atoms. The van der Waals surface area contributed by atoms with Crippen molar-refractivity contribution < 1.29 is 9.53 Å². The molecule has 1 aliphatic rings. The van der Waals surface area contributed by atoms with Crippen LogP contribution < -0.4 is 5.56 Å². The molecule has 0 unspecified atom stereocenters. The molecular formula is C26H27N5O3. The van der Waals surface area contributed by atoms with Gasteiger partial charge in [-0.2, -0.15) is 10.2 Å². The fourth-order valence-electron chi connectivity index (χ4n) is 4.25. The summed E-state index contributed by atoms with van der Waals surface area (Å²) in [5.41, 5.74) is 5.47. The molecule has 3 aromatic heterocycles. The maximum Gasteiger partial charge on any atom is 0.410 e. The van der Waals surface area contributed by atoms with E-state index >= 15 is 0 Å². The summed E-state index contributed by atoms with van der Waals surface area (Å²) in [5, 5.41) is 9.29. The van der Waals surface area contributed by atoms with Crippen LogP contribution in [0.25, 0.3) is 27.8 Å². The number of pyridine rings is 1. The number of hydrogen-bond acceptors (Lipinski definition) is 5. The molecule has 8 nitrogen and oxygen atoms in total. The molecule has 1 aromatic carbocycles. The molecule has 1 aliphatic heterocycles. The van der Waals surface area contributed by atoms with E-state index < -0.39 is 5.60 Å². The molecule has 5 rings (SSSR count). The number of aromatic nitrogens is 4. The van der Waals surface area contributed by atoms with E-state index in [0.29, 0.717) is 18.8 Å². The smallest absolute Gasteiger partial charge is 0.410 e. The second-order valence-electron chi connectivity index (χ2n) is 9.65. The zero-order valence-electron chi connectivity index (χ0n) is 19.8. The van der Waals surface area contributed by atoms with Crippen molar-refractivity contribution in [2.45, 2.75) is 46.3 Å². The molecule has 0 saturated heterocycles. The summed E-state index contributed by atoms with van der Waals surface area (Å²) in [7, 11) is 0. The summed E-state index contributed by atoms with van der Waals surface area (Å²) in [4.78, 5) is 30.7. The summed E-state index contributed by atoms with van der Waals surface area (Å²) in [6.45, 7) is 8.58. The number of ether oxygens (including phenoxy) is 1. The lowest BCUT2D eigenvalue weighted by Crippen LogP contribution is -2.39. The number of amides is 1. The van der Waals surface area contributed by atoms with Crippen molar-refractivity contribution in [3.8, 4) is 16.9 Å². The second kappa shape index (κ2) is 8.13. The first kappa shape index (κ1) is 21.9. The molecule has 1 N–H and O–H groups in total. The van der Waals surface area contributed by atoms with Gasteiger partial charge in [0.05, 0.1) is 23.6 Å². The van der Waals surface area contributed by atoms with Crippen LogP contribution in [-0.4, -0.2) is 42.9 Å². The largest absolute Gasteiger partial charge is 0.444 e. The molecule has 4 aromatic rings. The third kappa shape index (κ3) is 4.19. The third-order valence-electron chi connectivity index (χ3n) is 5.90. The number of benzene rings is 1. The number of rotatable bonds is 2. The van der Waals surface area contributed by atoms with Gasteiger partial charge in [0.2, 0.25) is 0 Å². The molecule has 0 fully saturated rings. The van der Waals surface area contributed by atoms with Gasteiger partial charge in [0.15, 0.2) is 0 Å². The van der Waals surface area contributed by atoms with E-state index in [1.54, 1.807) is 21.7 Å². The fraction of sp³-hybridized carbons (Fsp3) is 0.308. The Morgan fingerprint density at radius 2 is 1.91 bits per heavy atom. The number of carbonyl (C=O) groups excluding carboxylic acids is 1. The van der Waals surface area contributed by atoms with E-state index in [9.17, 15) is 9.59 Å². The second-order valence-corrected chi connectivity index (χ2v) is 9.65. The van der Waals surface area contributed by atoms with Gasteiger partial charge in [0.25, 0.3) is 5.56 Å². The Labute approximate surface area is 197 Å². The van der Waals surface area contributed by atoms with E-state index in [4.69, 9.17) is 4.74 Å². The average Bonchev–Trinajstić information content (AvgIpc) is 3.15. The van der Waals surface area contributed by atoms with Crippen LogP contribution in [0.15, 0.2) is 53.5 Å². The Hall–Kier alpha value is -3.94. The summed E-state index contributed by atoms with van der Waals surface area (Å²) in [5.74, 6) is 0. The number of fused-ring (bicyclic) bond motifs is 3. The van der Waals surface area contributed by atoms with Crippen molar-refractivity contribution in [2.24, 2.45) is 0 Å². The quantitative estimate of drug-likeness (QED) is 0.482. The van der Waals surface area contributed by atoms with Crippen LogP contribution in [0.1, 0.15) is 37.7 Å². The molecule has 0 atom stereocenters. The zero-order valence-corrected chi connectivity index (χ0v) is 19.8. The first-order valence-corrected chi connectivity index (χ1v) is 11.3. The minimum absolute atomic E-state index is 0.147. The van der Waals surface area contributed by atoms with Crippen LogP contribution >= 0.6 is 0 Å². The number of aromatic amines is 1. The Balaban J connectivity index is 1.44. The fourth-order valence-corrected chi connectivity index (χ4v) is 4.25. The molecule has 0 saturated carbocycles. The number of nitrogens with one attached hydrogen (secondary N) is 1. The van der Waals surface area contributed by atoms with Gasteiger partial charge in [-0.3, -0.25) is 9.36 Å². The first-order chi connectivity index (χ1) is 16.2. The Kier molecular flexibility index (Phi) is 5.23. The lowest BCUT2D eigenvalue weighted by molar-refractivity contribution is 0.0224. The molecule has 34 heavy (non-hydrogen) atoms. The van der Waals surface area contributed by atoms with E-state index in [1.165, 1.54) is 0 Å². The van der Waals surface area contributed by atoms with Crippen LogP contribution in [0, 0.1) is 6.92 Å². The highest BCUT2D eigenvalue weighted by molar-refractivity contribution is 5.87. The molecule has 0 radical (unpaired) electrons. The Morgan fingerprint density at radius 1 is 1.09 bits per heavy atom.